The van der Waals surface area contributed by atoms with E-state index in [1.165, 1.54) is 0 Å². The zero-order valence-electron chi connectivity index (χ0n) is 15.9. The van der Waals surface area contributed by atoms with Gasteiger partial charge in [-0.3, -0.25) is 14.6 Å². The highest BCUT2D eigenvalue weighted by Gasteiger charge is 2.24. The number of aryl methyl sites for hydroxylation is 1. The number of pyridine rings is 2. The maximum Gasteiger partial charge on any atom is 0.255 e. The van der Waals surface area contributed by atoms with Gasteiger partial charge in [0.2, 0.25) is 0 Å². The molecule has 0 saturated carbocycles. The van der Waals surface area contributed by atoms with Crippen LogP contribution in [0.1, 0.15) is 34.3 Å². The SMILES string of the molecule is Cc1ccc2cc(CN(CC3CCCO3)C(=O)c3cccnc3)c(=O)[nH]c2c1. The number of nitrogens with one attached hydrogen (secondary N) is 1. The number of amides is 1. The smallest absolute Gasteiger partial charge is 0.255 e. The van der Waals surface area contributed by atoms with Crippen LogP contribution in [-0.4, -0.2) is 40.0 Å². The summed E-state index contributed by atoms with van der Waals surface area (Å²) in [5, 5.41) is 0.950. The molecule has 1 N–H and O–H groups in total. The number of hydrogen-bond acceptors (Lipinski definition) is 4. The topological polar surface area (TPSA) is 75.3 Å². The van der Waals surface area contributed by atoms with Gasteiger partial charge in [-0.1, -0.05) is 12.1 Å². The van der Waals surface area contributed by atoms with Crippen molar-refractivity contribution in [1.82, 2.24) is 14.9 Å². The molecular formula is C22H23N3O3. The lowest BCUT2D eigenvalue weighted by molar-refractivity contribution is 0.0506. The van der Waals surface area contributed by atoms with Crippen LogP contribution in [0, 0.1) is 6.92 Å². The summed E-state index contributed by atoms with van der Waals surface area (Å²) < 4.78 is 5.73. The maximum absolute atomic E-state index is 13.1. The van der Waals surface area contributed by atoms with Gasteiger partial charge in [-0.05, 0) is 55.0 Å². The standard InChI is InChI=1S/C22H23N3O3/c1-15-6-7-16-11-18(21(26)24-20(16)10-15)13-25(14-19-5-3-9-28-19)22(27)17-4-2-8-23-12-17/h2,4,6-8,10-12,19H,3,5,9,13-14H2,1H3,(H,24,26). The molecular weight excluding hydrogens is 354 g/mol. The van der Waals surface area contributed by atoms with E-state index in [0.29, 0.717) is 17.7 Å². The second-order valence-electron chi connectivity index (χ2n) is 7.28. The van der Waals surface area contributed by atoms with Crippen molar-refractivity contribution in [1.29, 1.82) is 0 Å². The molecule has 1 atom stereocenters. The van der Waals surface area contributed by atoms with E-state index in [2.05, 4.69) is 9.97 Å². The molecule has 2 aromatic heterocycles. The predicted molar refractivity (Wildman–Crippen MR) is 107 cm³/mol. The molecule has 0 radical (unpaired) electrons. The largest absolute Gasteiger partial charge is 0.376 e. The van der Waals surface area contributed by atoms with Gasteiger partial charge in [0.25, 0.3) is 11.5 Å². The number of rotatable bonds is 5. The van der Waals surface area contributed by atoms with Gasteiger partial charge in [0.1, 0.15) is 0 Å². The number of carbonyl (C=O) groups is 1. The third-order valence-electron chi connectivity index (χ3n) is 5.08. The fraction of sp³-hybridized carbons (Fsp3) is 0.318. The van der Waals surface area contributed by atoms with Crippen LogP contribution in [0.5, 0.6) is 0 Å². The fourth-order valence-electron chi connectivity index (χ4n) is 3.61. The van der Waals surface area contributed by atoms with Crippen molar-refractivity contribution in [3.8, 4) is 0 Å². The molecule has 3 aromatic rings. The third-order valence-corrected chi connectivity index (χ3v) is 5.08. The van der Waals surface area contributed by atoms with E-state index < -0.39 is 0 Å². The molecule has 0 aliphatic carbocycles. The molecule has 6 nitrogen and oxygen atoms in total. The zero-order chi connectivity index (χ0) is 19.5. The summed E-state index contributed by atoms with van der Waals surface area (Å²) >= 11 is 0. The van der Waals surface area contributed by atoms with E-state index in [1.807, 2.05) is 31.2 Å². The van der Waals surface area contributed by atoms with Crippen LogP contribution in [-0.2, 0) is 11.3 Å². The number of aromatic nitrogens is 2. The first-order valence-corrected chi connectivity index (χ1v) is 9.53. The highest BCUT2D eigenvalue weighted by Crippen LogP contribution is 2.18. The summed E-state index contributed by atoms with van der Waals surface area (Å²) in [7, 11) is 0. The lowest BCUT2D eigenvalue weighted by Gasteiger charge is -2.25. The van der Waals surface area contributed by atoms with E-state index in [1.54, 1.807) is 29.4 Å². The van der Waals surface area contributed by atoms with Crippen molar-refractivity contribution in [2.45, 2.75) is 32.4 Å². The number of aromatic amines is 1. The van der Waals surface area contributed by atoms with Crippen LogP contribution in [0.15, 0.2) is 53.6 Å². The lowest BCUT2D eigenvalue weighted by Crippen LogP contribution is -2.38. The minimum absolute atomic E-state index is 0.00260. The Kier molecular flexibility index (Phi) is 5.21. The van der Waals surface area contributed by atoms with Gasteiger partial charge in [0, 0.05) is 36.6 Å². The highest BCUT2D eigenvalue weighted by molar-refractivity contribution is 5.94. The van der Waals surface area contributed by atoms with Crippen molar-refractivity contribution < 1.29 is 9.53 Å². The summed E-state index contributed by atoms with van der Waals surface area (Å²) in [6, 6.07) is 11.3. The van der Waals surface area contributed by atoms with Crippen molar-refractivity contribution in [3.05, 3.63) is 75.8 Å². The number of carbonyl (C=O) groups excluding carboxylic acids is 1. The Morgan fingerprint density at radius 2 is 2.21 bits per heavy atom. The average Bonchev–Trinajstić information content (AvgIpc) is 3.21. The van der Waals surface area contributed by atoms with E-state index >= 15 is 0 Å². The monoisotopic (exact) mass is 377 g/mol. The third kappa shape index (κ3) is 3.97. The van der Waals surface area contributed by atoms with Crippen LogP contribution in [0.25, 0.3) is 10.9 Å². The minimum atomic E-state index is -0.172. The van der Waals surface area contributed by atoms with Gasteiger partial charge in [0.15, 0.2) is 0 Å². The highest BCUT2D eigenvalue weighted by atomic mass is 16.5. The molecule has 1 aromatic carbocycles. The van der Waals surface area contributed by atoms with Crippen molar-refractivity contribution in [2.75, 3.05) is 13.2 Å². The second kappa shape index (κ2) is 7.94. The summed E-state index contributed by atoms with van der Waals surface area (Å²) in [5.41, 5.74) is 2.79. The first-order valence-electron chi connectivity index (χ1n) is 9.53. The van der Waals surface area contributed by atoms with Crippen LogP contribution in [0.3, 0.4) is 0 Å². The normalized spacial score (nSPS) is 16.4. The predicted octanol–water partition coefficient (Wildman–Crippen LogP) is 3.05. The Bertz CT molecular complexity index is 1040. The Morgan fingerprint density at radius 3 is 2.96 bits per heavy atom. The first kappa shape index (κ1) is 18.4. The summed E-state index contributed by atoms with van der Waals surface area (Å²) in [6.45, 7) is 3.39. The Morgan fingerprint density at radius 1 is 1.32 bits per heavy atom. The summed E-state index contributed by atoms with van der Waals surface area (Å²) in [4.78, 5) is 34.4. The molecule has 0 spiro atoms. The van der Waals surface area contributed by atoms with E-state index in [0.717, 1.165) is 35.9 Å². The lowest BCUT2D eigenvalue weighted by atomic mass is 10.1. The number of benzene rings is 1. The molecule has 4 rings (SSSR count). The van der Waals surface area contributed by atoms with Gasteiger partial charge in [-0.25, -0.2) is 0 Å². The summed E-state index contributed by atoms with van der Waals surface area (Å²) in [6.07, 6.45) is 5.11. The van der Waals surface area contributed by atoms with E-state index in [4.69, 9.17) is 4.74 Å². The molecule has 1 saturated heterocycles. The number of nitrogens with zero attached hydrogens (tertiary/aromatic N) is 2. The fourth-order valence-corrected chi connectivity index (χ4v) is 3.61. The molecule has 144 valence electrons. The Hall–Kier alpha value is -2.99. The summed E-state index contributed by atoms with van der Waals surface area (Å²) in [5.74, 6) is -0.146. The molecule has 1 aliphatic rings. The Balaban J connectivity index is 1.65. The van der Waals surface area contributed by atoms with Gasteiger partial charge in [0.05, 0.1) is 18.2 Å². The zero-order valence-corrected chi connectivity index (χ0v) is 15.9. The molecule has 28 heavy (non-hydrogen) atoms. The van der Waals surface area contributed by atoms with Gasteiger partial charge < -0.3 is 14.6 Å². The molecule has 0 bridgehead atoms. The second-order valence-corrected chi connectivity index (χ2v) is 7.28. The van der Waals surface area contributed by atoms with Crippen LogP contribution >= 0.6 is 0 Å². The minimum Gasteiger partial charge on any atom is -0.376 e. The van der Waals surface area contributed by atoms with Crippen molar-refractivity contribution >= 4 is 16.8 Å². The molecule has 1 unspecified atom stereocenters. The van der Waals surface area contributed by atoms with E-state index in [9.17, 15) is 9.59 Å². The average molecular weight is 377 g/mol. The van der Waals surface area contributed by atoms with E-state index in [-0.39, 0.29) is 24.1 Å². The van der Waals surface area contributed by atoms with Gasteiger partial charge in [-0.2, -0.15) is 0 Å². The first-order chi connectivity index (χ1) is 13.6. The van der Waals surface area contributed by atoms with Crippen LogP contribution < -0.4 is 5.56 Å². The van der Waals surface area contributed by atoms with Crippen LogP contribution in [0.2, 0.25) is 0 Å². The van der Waals surface area contributed by atoms with Crippen molar-refractivity contribution in [3.63, 3.8) is 0 Å². The number of ether oxygens (including phenoxy) is 1. The molecule has 1 fully saturated rings. The van der Waals surface area contributed by atoms with Gasteiger partial charge >= 0.3 is 0 Å². The molecule has 1 amide bonds. The number of H-pyrrole nitrogens is 1. The molecule has 6 heteroatoms. The Labute approximate surface area is 163 Å². The molecule has 3 heterocycles. The number of fused-ring (bicyclic) bond motifs is 1. The maximum atomic E-state index is 13.1. The quantitative estimate of drug-likeness (QED) is 0.742. The van der Waals surface area contributed by atoms with Crippen LogP contribution in [0.4, 0.5) is 0 Å². The van der Waals surface area contributed by atoms with Gasteiger partial charge in [-0.15, -0.1) is 0 Å². The molecule has 1 aliphatic heterocycles. The number of hydrogen-bond donors (Lipinski definition) is 1. The van der Waals surface area contributed by atoms with Crippen molar-refractivity contribution in [2.24, 2.45) is 0 Å².